The van der Waals surface area contributed by atoms with Crippen LogP contribution in [0.1, 0.15) is 33.7 Å². The minimum absolute atomic E-state index is 0. The van der Waals surface area contributed by atoms with Crippen LogP contribution in [0.5, 0.6) is 0 Å². The molecule has 0 radical (unpaired) electrons. The van der Waals surface area contributed by atoms with Crippen LogP contribution in [0.2, 0.25) is 0 Å². The molecular formula is C11H21Cl2N3OS. The molecule has 0 aliphatic carbocycles. The second-order valence-corrected chi connectivity index (χ2v) is 4.86. The Morgan fingerprint density at radius 3 is 2.39 bits per heavy atom. The molecule has 0 saturated heterocycles. The minimum Gasteiger partial charge on any atom is -0.350 e. The summed E-state index contributed by atoms with van der Waals surface area (Å²) in [5, 5.41) is 7.05. The molecule has 0 unspecified atom stereocenters. The zero-order valence-electron chi connectivity index (χ0n) is 10.9. The molecule has 0 bridgehead atoms. The number of hydrogen-bond acceptors (Lipinski definition) is 4. The highest BCUT2D eigenvalue weighted by atomic mass is 35.5. The van der Waals surface area contributed by atoms with E-state index in [9.17, 15) is 4.79 Å². The van der Waals surface area contributed by atoms with Crippen molar-refractivity contribution in [1.29, 1.82) is 0 Å². The molecule has 0 saturated carbocycles. The Kier molecular flexibility index (Phi) is 11.7. The van der Waals surface area contributed by atoms with Crippen molar-refractivity contribution >= 4 is 42.1 Å². The number of thiazole rings is 1. The standard InChI is InChI=1S/C11H19N3OS.2ClH/c1-4-5-12-6-7-13-11(15)10-8(2)14-9(3)16-10;;/h12H,4-7H2,1-3H3,(H,13,15);2*1H. The van der Waals surface area contributed by atoms with Crippen molar-refractivity contribution in [3.05, 3.63) is 15.6 Å². The van der Waals surface area contributed by atoms with Crippen LogP contribution in [0.4, 0.5) is 0 Å². The highest BCUT2D eigenvalue weighted by molar-refractivity contribution is 7.13. The largest absolute Gasteiger partial charge is 0.350 e. The van der Waals surface area contributed by atoms with Gasteiger partial charge in [-0.3, -0.25) is 4.79 Å². The van der Waals surface area contributed by atoms with Crippen molar-refractivity contribution in [1.82, 2.24) is 15.6 Å². The fourth-order valence-electron chi connectivity index (χ4n) is 1.39. The summed E-state index contributed by atoms with van der Waals surface area (Å²) >= 11 is 1.45. The first-order chi connectivity index (χ1) is 7.65. The summed E-state index contributed by atoms with van der Waals surface area (Å²) in [6.45, 7) is 8.38. The van der Waals surface area contributed by atoms with E-state index in [1.165, 1.54) is 11.3 Å². The molecule has 0 spiro atoms. The average Bonchev–Trinajstić information content (AvgIpc) is 2.57. The minimum atomic E-state index is -0.0126. The quantitative estimate of drug-likeness (QED) is 0.793. The fraction of sp³-hybridized carbons (Fsp3) is 0.636. The third-order valence-corrected chi connectivity index (χ3v) is 3.20. The molecule has 0 fully saturated rings. The molecule has 0 atom stereocenters. The lowest BCUT2D eigenvalue weighted by molar-refractivity contribution is 0.0957. The molecule has 18 heavy (non-hydrogen) atoms. The first-order valence-corrected chi connectivity index (χ1v) is 6.39. The van der Waals surface area contributed by atoms with E-state index in [1.54, 1.807) is 0 Å². The summed E-state index contributed by atoms with van der Waals surface area (Å²) in [7, 11) is 0. The van der Waals surface area contributed by atoms with Gasteiger partial charge in [0.05, 0.1) is 10.7 Å². The molecule has 1 amide bonds. The van der Waals surface area contributed by atoms with E-state index in [2.05, 4.69) is 22.5 Å². The zero-order chi connectivity index (χ0) is 12.0. The summed E-state index contributed by atoms with van der Waals surface area (Å²) in [6, 6.07) is 0. The lowest BCUT2D eigenvalue weighted by Gasteiger charge is -2.04. The number of rotatable bonds is 6. The third-order valence-electron chi connectivity index (χ3n) is 2.12. The van der Waals surface area contributed by atoms with Crippen LogP contribution in [0, 0.1) is 13.8 Å². The molecule has 0 aliphatic heterocycles. The van der Waals surface area contributed by atoms with Crippen molar-refractivity contribution in [2.45, 2.75) is 27.2 Å². The van der Waals surface area contributed by atoms with E-state index in [-0.39, 0.29) is 30.7 Å². The van der Waals surface area contributed by atoms with Crippen LogP contribution in [0.3, 0.4) is 0 Å². The van der Waals surface area contributed by atoms with Crippen LogP contribution in [-0.4, -0.2) is 30.5 Å². The topological polar surface area (TPSA) is 54.0 Å². The van der Waals surface area contributed by atoms with Crippen LogP contribution in [-0.2, 0) is 0 Å². The highest BCUT2D eigenvalue weighted by Crippen LogP contribution is 2.16. The first-order valence-electron chi connectivity index (χ1n) is 5.58. The molecule has 7 heteroatoms. The van der Waals surface area contributed by atoms with Gasteiger partial charge >= 0.3 is 0 Å². The molecule has 1 aromatic rings. The summed E-state index contributed by atoms with van der Waals surface area (Å²) in [4.78, 5) is 16.7. The normalized spacial score (nSPS) is 9.28. The van der Waals surface area contributed by atoms with Gasteiger partial charge in [0.15, 0.2) is 0 Å². The molecule has 1 rings (SSSR count). The summed E-state index contributed by atoms with van der Waals surface area (Å²) in [5.41, 5.74) is 0.821. The van der Waals surface area contributed by atoms with Crippen molar-refractivity contribution in [2.75, 3.05) is 19.6 Å². The number of carbonyl (C=O) groups excluding carboxylic acids is 1. The monoisotopic (exact) mass is 313 g/mol. The van der Waals surface area contributed by atoms with E-state index < -0.39 is 0 Å². The van der Waals surface area contributed by atoms with Crippen molar-refractivity contribution in [3.8, 4) is 0 Å². The number of nitrogens with zero attached hydrogens (tertiary/aromatic N) is 1. The van der Waals surface area contributed by atoms with Gasteiger partial charge in [-0.05, 0) is 26.8 Å². The molecule has 0 aromatic carbocycles. The Balaban J connectivity index is 0. The second kappa shape index (κ2) is 10.6. The lowest BCUT2D eigenvalue weighted by Crippen LogP contribution is -2.32. The molecule has 1 aromatic heterocycles. The molecule has 0 aliphatic rings. The van der Waals surface area contributed by atoms with Crippen LogP contribution >= 0.6 is 36.2 Å². The zero-order valence-corrected chi connectivity index (χ0v) is 13.4. The maximum atomic E-state index is 11.7. The van der Waals surface area contributed by atoms with Crippen LogP contribution in [0.25, 0.3) is 0 Å². The molecule has 4 nitrogen and oxygen atoms in total. The van der Waals surface area contributed by atoms with Crippen LogP contribution < -0.4 is 10.6 Å². The maximum Gasteiger partial charge on any atom is 0.263 e. The molecule has 1 heterocycles. The van der Waals surface area contributed by atoms with Crippen molar-refractivity contribution < 1.29 is 4.79 Å². The van der Waals surface area contributed by atoms with Crippen molar-refractivity contribution in [2.24, 2.45) is 0 Å². The highest BCUT2D eigenvalue weighted by Gasteiger charge is 2.12. The van der Waals surface area contributed by atoms with Gasteiger partial charge in [0, 0.05) is 13.1 Å². The third kappa shape index (κ3) is 6.54. The van der Waals surface area contributed by atoms with Gasteiger partial charge in [-0.15, -0.1) is 36.2 Å². The Morgan fingerprint density at radius 1 is 1.22 bits per heavy atom. The first kappa shape index (κ1) is 20.0. The average molecular weight is 314 g/mol. The van der Waals surface area contributed by atoms with Crippen LogP contribution in [0.15, 0.2) is 0 Å². The number of hydrogen-bond donors (Lipinski definition) is 2. The number of halogens is 2. The summed E-state index contributed by atoms with van der Waals surface area (Å²) < 4.78 is 0. The Hall–Kier alpha value is -0.360. The predicted octanol–water partition coefficient (Wildman–Crippen LogP) is 2.33. The number of aryl methyl sites for hydroxylation is 2. The lowest BCUT2D eigenvalue weighted by atomic mass is 10.3. The Bertz CT molecular complexity index is 358. The predicted molar refractivity (Wildman–Crippen MR) is 81.6 cm³/mol. The fourth-order valence-corrected chi connectivity index (χ4v) is 2.22. The molecular weight excluding hydrogens is 293 g/mol. The van der Waals surface area contributed by atoms with Crippen molar-refractivity contribution in [3.63, 3.8) is 0 Å². The van der Waals surface area contributed by atoms with E-state index in [4.69, 9.17) is 0 Å². The SMILES string of the molecule is CCCNCCNC(=O)c1sc(C)nc1C.Cl.Cl. The summed E-state index contributed by atoms with van der Waals surface area (Å²) in [5.74, 6) is -0.0126. The summed E-state index contributed by atoms with van der Waals surface area (Å²) in [6.07, 6.45) is 1.11. The number of amides is 1. The smallest absolute Gasteiger partial charge is 0.263 e. The van der Waals surface area contributed by atoms with E-state index in [0.717, 1.165) is 35.1 Å². The Labute approximate surface area is 125 Å². The van der Waals surface area contributed by atoms with E-state index in [1.807, 2.05) is 13.8 Å². The van der Waals surface area contributed by atoms with Gasteiger partial charge in [-0.2, -0.15) is 0 Å². The van der Waals surface area contributed by atoms with Gasteiger partial charge in [-0.1, -0.05) is 6.92 Å². The maximum absolute atomic E-state index is 11.7. The van der Waals surface area contributed by atoms with Gasteiger partial charge < -0.3 is 10.6 Å². The van der Waals surface area contributed by atoms with E-state index >= 15 is 0 Å². The second-order valence-electron chi connectivity index (χ2n) is 3.65. The number of nitrogens with one attached hydrogen (secondary N) is 2. The Morgan fingerprint density at radius 2 is 1.89 bits per heavy atom. The number of carbonyl (C=O) groups is 1. The molecule has 2 N–H and O–H groups in total. The number of aromatic nitrogens is 1. The van der Waals surface area contributed by atoms with Gasteiger partial charge in [0.2, 0.25) is 0 Å². The van der Waals surface area contributed by atoms with E-state index in [0.29, 0.717) is 6.54 Å². The molecule has 106 valence electrons. The van der Waals surface area contributed by atoms with Gasteiger partial charge in [0.25, 0.3) is 5.91 Å². The van der Waals surface area contributed by atoms with Gasteiger partial charge in [0.1, 0.15) is 4.88 Å². The van der Waals surface area contributed by atoms with Gasteiger partial charge in [-0.25, -0.2) is 4.98 Å².